The molecular weight excluding hydrogens is 1110 g/mol. The highest BCUT2D eigenvalue weighted by atomic mass is 32.1. The van der Waals surface area contributed by atoms with Gasteiger partial charge in [-0.3, -0.25) is 19.4 Å². The Labute approximate surface area is 489 Å². The van der Waals surface area contributed by atoms with Gasteiger partial charge < -0.3 is 61.1 Å². The van der Waals surface area contributed by atoms with Crippen LogP contribution in [0.25, 0.3) is 32.9 Å². The standard InChI is InChI=1S/C59H75F4N13O7S/c1-34(36-7-9-38(10-8-36)50-35(2)70-33-84-50)71-56(80)46-24-40(77)29-76(46)57(81)51(58(3,4)5)72-48(78)13-19-82-21-22-83-20-18-73-16-11-37(12-17-73)41-25-44(61)42(26-43(41)60)45-23-39(28-75-32-69-49-54(64)67-31-68-55(49)75)47(27-66-45)74-15-6-14-59(65,30-74)52(79)53(62)63/h7-10,23,25-27,31-34,37,40,46,51-53,77,79H,6,11-22,24,28-30,65H2,1-5H3,(H,71,80)(H,72,78)(H2,64,67,68)/t34-,40+,46-,51+,52-,59+/m0/s1. The maximum absolute atomic E-state index is 16.2. The number of aromatic nitrogens is 6. The highest BCUT2D eigenvalue weighted by Crippen LogP contribution is 2.38. The smallest absolute Gasteiger partial charge is 0.265 e. The van der Waals surface area contributed by atoms with Crippen molar-refractivity contribution in [2.75, 3.05) is 76.3 Å². The Bertz CT molecular complexity index is 3270. The molecule has 0 saturated carbocycles. The van der Waals surface area contributed by atoms with Crippen LogP contribution in [0.15, 0.2) is 66.8 Å². The van der Waals surface area contributed by atoms with E-state index in [9.17, 15) is 33.4 Å². The third-order valence-electron chi connectivity index (χ3n) is 16.3. The number of rotatable bonds is 22. The lowest BCUT2D eigenvalue weighted by atomic mass is 9.84. The highest BCUT2D eigenvalue weighted by Gasteiger charge is 2.46. The van der Waals surface area contributed by atoms with Gasteiger partial charge in [-0.25, -0.2) is 37.5 Å². The summed E-state index contributed by atoms with van der Waals surface area (Å²) < 4.78 is 73.1. The summed E-state index contributed by atoms with van der Waals surface area (Å²) in [5.74, 6) is -2.53. The fourth-order valence-corrected chi connectivity index (χ4v) is 12.3. The normalized spacial score (nSPS) is 20.2. The van der Waals surface area contributed by atoms with Crippen LogP contribution >= 0.6 is 11.3 Å². The largest absolute Gasteiger partial charge is 0.391 e. The molecule has 0 bridgehead atoms. The summed E-state index contributed by atoms with van der Waals surface area (Å²) in [5, 5.41) is 27.0. The number of nitrogen functional groups attached to an aromatic ring is 1. The number of thiazole rings is 1. The van der Waals surface area contributed by atoms with E-state index in [1.807, 2.05) is 58.9 Å². The number of carbonyl (C=O) groups excluding carboxylic acids is 3. The number of benzene rings is 2. The van der Waals surface area contributed by atoms with Gasteiger partial charge in [0.2, 0.25) is 17.7 Å². The quantitative estimate of drug-likeness (QED) is 0.0330. The molecule has 0 unspecified atom stereocenters. The second-order valence-electron chi connectivity index (χ2n) is 23.4. The van der Waals surface area contributed by atoms with E-state index in [-0.39, 0.29) is 93.3 Å². The number of hydrogen-bond acceptors (Lipinski definition) is 17. The molecule has 3 saturated heterocycles. The number of amides is 3. The lowest BCUT2D eigenvalue weighted by Crippen LogP contribution is -2.63. The van der Waals surface area contributed by atoms with Crippen LogP contribution in [0.4, 0.5) is 29.1 Å². The topological polar surface area (TPSA) is 265 Å². The van der Waals surface area contributed by atoms with Crippen molar-refractivity contribution in [1.82, 2.24) is 49.9 Å². The van der Waals surface area contributed by atoms with Crippen LogP contribution < -0.4 is 27.0 Å². The van der Waals surface area contributed by atoms with E-state index in [0.717, 1.165) is 27.8 Å². The number of alkyl halides is 2. The number of pyridine rings is 1. The monoisotopic (exact) mass is 1190 g/mol. The van der Waals surface area contributed by atoms with Gasteiger partial charge in [-0.15, -0.1) is 11.3 Å². The number of likely N-dealkylation sites (tertiary alicyclic amines) is 2. The number of halogens is 4. The minimum Gasteiger partial charge on any atom is -0.391 e. The molecule has 0 spiro atoms. The number of hydrogen-bond donors (Lipinski definition) is 6. The summed E-state index contributed by atoms with van der Waals surface area (Å²) in [7, 11) is 0. The molecule has 9 rings (SSSR count). The van der Waals surface area contributed by atoms with Crippen LogP contribution in [0.2, 0.25) is 0 Å². The molecule has 452 valence electrons. The molecule has 20 nitrogen and oxygen atoms in total. The molecule has 0 aliphatic carbocycles. The van der Waals surface area contributed by atoms with Crippen molar-refractivity contribution in [3.8, 4) is 21.7 Å². The van der Waals surface area contributed by atoms with Gasteiger partial charge in [0, 0.05) is 44.6 Å². The highest BCUT2D eigenvalue weighted by molar-refractivity contribution is 7.13. The first-order valence-corrected chi connectivity index (χ1v) is 29.3. The second kappa shape index (κ2) is 26.7. The van der Waals surface area contributed by atoms with Gasteiger partial charge in [-0.05, 0) is 104 Å². The van der Waals surface area contributed by atoms with E-state index in [2.05, 4.69) is 40.5 Å². The van der Waals surface area contributed by atoms with Crippen molar-refractivity contribution in [3.05, 3.63) is 101 Å². The molecule has 2 aromatic carbocycles. The number of nitrogens with zero attached hydrogens (tertiary/aromatic N) is 9. The molecule has 6 aromatic rings. The molecule has 3 aliphatic rings. The van der Waals surface area contributed by atoms with Gasteiger partial charge in [-0.2, -0.15) is 0 Å². The molecule has 6 atom stereocenters. The first-order chi connectivity index (χ1) is 40.1. The summed E-state index contributed by atoms with van der Waals surface area (Å²) in [6.07, 6.45) is 0.103. The van der Waals surface area contributed by atoms with Crippen LogP contribution in [0, 0.1) is 24.0 Å². The van der Waals surface area contributed by atoms with Crippen molar-refractivity contribution >= 4 is 51.7 Å². The van der Waals surface area contributed by atoms with Crippen molar-refractivity contribution in [2.24, 2.45) is 11.1 Å². The third-order valence-corrected chi connectivity index (χ3v) is 17.3. The number of aryl methyl sites for hydroxylation is 1. The Morgan fingerprint density at radius 3 is 2.38 bits per heavy atom. The van der Waals surface area contributed by atoms with Crippen molar-refractivity contribution in [1.29, 1.82) is 0 Å². The Hall–Kier alpha value is -6.74. The average molecular weight is 1190 g/mol. The molecule has 3 fully saturated rings. The SMILES string of the molecule is Cc1ncsc1-c1ccc([C@H](C)NC(=O)[C@@H]2C[C@@H](O)CN2C(=O)[C@@H](NC(=O)CCOCCOCCN2CCC(c3cc(F)c(-c4cc(Cn5cnc6c(N)ncnc65)c(N5CCC[C@](N)([C@@H](O)C(F)F)C5)cn4)cc3F)CC2)C(C)(C)C)cc1. The van der Waals surface area contributed by atoms with Crippen molar-refractivity contribution in [2.45, 2.75) is 128 Å². The average Bonchev–Trinajstić information content (AvgIpc) is 4.21. The molecule has 8 N–H and O–H groups in total. The summed E-state index contributed by atoms with van der Waals surface area (Å²) >= 11 is 1.56. The second-order valence-corrected chi connectivity index (χ2v) is 24.2. The maximum atomic E-state index is 16.2. The predicted molar refractivity (Wildman–Crippen MR) is 310 cm³/mol. The van der Waals surface area contributed by atoms with Crippen molar-refractivity contribution in [3.63, 3.8) is 0 Å². The fourth-order valence-electron chi connectivity index (χ4n) is 11.5. The molecule has 25 heteroatoms. The van der Waals surface area contributed by atoms with E-state index in [1.165, 1.54) is 29.8 Å². The molecule has 4 aromatic heterocycles. The number of nitrogens with two attached hydrogens (primary N) is 2. The Kier molecular flexibility index (Phi) is 19.6. The molecule has 3 aliphatic heterocycles. The molecule has 0 radical (unpaired) electrons. The van der Waals surface area contributed by atoms with E-state index in [0.29, 0.717) is 74.5 Å². The lowest BCUT2D eigenvalue weighted by molar-refractivity contribution is -0.144. The number of aliphatic hydroxyl groups excluding tert-OH is 2. The van der Waals surface area contributed by atoms with Crippen molar-refractivity contribution < 1.29 is 51.6 Å². The predicted octanol–water partition coefficient (Wildman–Crippen LogP) is 6.13. The van der Waals surface area contributed by atoms with Gasteiger partial charge in [0.05, 0.1) is 90.6 Å². The Morgan fingerprint density at radius 2 is 1.68 bits per heavy atom. The number of anilines is 2. The Balaban J connectivity index is 0.716. The first kappa shape index (κ1) is 61.8. The van der Waals surface area contributed by atoms with Gasteiger partial charge in [0.25, 0.3) is 6.43 Å². The number of fused-ring (bicyclic) bond motifs is 1. The third kappa shape index (κ3) is 14.3. The molecule has 84 heavy (non-hydrogen) atoms. The number of imidazole rings is 1. The van der Waals surface area contributed by atoms with E-state index in [4.69, 9.17) is 20.9 Å². The van der Waals surface area contributed by atoms with E-state index in [1.54, 1.807) is 32.4 Å². The first-order valence-electron chi connectivity index (χ1n) is 28.4. The number of carbonyl (C=O) groups is 3. The van der Waals surface area contributed by atoms with Crippen LogP contribution in [-0.2, 0) is 30.4 Å². The summed E-state index contributed by atoms with van der Waals surface area (Å²) in [4.78, 5) is 69.1. The van der Waals surface area contributed by atoms with Gasteiger partial charge in [-0.1, -0.05) is 45.0 Å². The minimum absolute atomic E-state index is 0.0208. The number of nitrogens with one attached hydrogen (secondary N) is 2. The maximum Gasteiger partial charge on any atom is 0.265 e. The van der Waals surface area contributed by atoms with Gasteiger partial charge in [0.15, 0.2) is 11.5 Å². The van der Waals surface area contributed by atoms with Crippen LogP contribution in [-0.4, -0.2) is 169 Å². The zero-order valence-corrected chi connectivity index (χ0v) is 48.8. The zero-order chi connectivity index (χ0) is 60.0. The van der Waals surface area contributed by atoms with Gasteiger partial charge in [0.1, 0.15) is 41.7 Å². The van der Waals surface area contributed by atoms with E-state index < -0.39 is 71.0 Å². The Morgan fingerprint density at radius 1 is 0.940 bits per heavy atom. The molecule has 3 amide bonds. The van der Waals surface area contributed by atoms with Crippen LogP contribution in [0.1, 0.15) is 101 Å². The molecular formula is C59H75F4N13O7S. The summed E-state index contributed by atoms with van der Waals surface area (Å²) in [5.41, 5.74) is 17.0. The van der Waals surface area contributed by atoms with Crippen LogP contribution in [0.5, 0.6) is 0 Å². The van der Waals surface area contributed by atoms with Gasteiger partial charge >= 0.3 is 0 Å². The number of ether oxygens (including phenoxy) is 2. The number of piperidine rings is 2. The minimum atomic E-state index is -3.05. The lowest BCUT2D eigenvalue weighted by Gasteiger charge is -2.44. The number of β-amino-alcohol motifs (C(OH)–C–C–N with tert-alkyl or cyclic N) is 1. The zero-order valence-electron chi connectivity index (χ0n) is 47.9. The summed E-state index contributed by atoms with van der Waals surface area (Å²) in [6, 6.07) is 9.62. The molecule has 7 heterocycles. The summed E-state index contributed by atoms with van der Waals surface area (Å²) in [6.45, 7) is 12.6. The number of aliphatic hydroxyl groups is 2. The van der Waals surface area contributed by atoms with Crippen LogP contribution in [0.3, 0.4) is 0 Å². The van der Waals surface area contributed by atoms with E-state index >= 15 is 8.78 Å². The fraction of sp³-hybridized carbons (Fsp3) is 0.525.